The van der Waals surface area contributed by atoms with E-state index in [0.29, 0.717) is 0 Å². The van der Waals surface area contributed by atoms with E-state index >= 15 is 0 Å². The highest BCUT2D eigenvalue weighted by Crippen LogP contribution is 2.27. The number of benzene rings is 1. The molecule has 0 saturated carbocycles. The Kier molecular flexibility index (Phi) is 5.16. The summed E-state index contributed by atoms with van der Waals surface area (Å²) in [5.41, 5.74) is 10.0. The first-order valence-electron chi connectivity index (χ1n) is 6.10. The van der Waals surface area contributed by atoms with Gasteiger partial charge in [-0.1, -0.05) is 0 Å². The van der Waals surface area contributed by atoms with Gasteiger partial charge in [0, 0.05) is 0 Å². The van der Waals surface area contributed by atoms with Crippen LogP contribution in [-0.2, 0) is 11.2 Å². The van der Waals surface area contributed by atoms with Crippen LogP contribution in [0.3, 0.4) is 0 Å². The quantitative estimate of drug-likeness (QED) is 0.747. The van der Waals surface area contributed by atoms with Gasteiger partial charge >= 0.3 is 0 Å². The number of carbonyl (C=O) groups is 1. The first-order valence-corrected chi connectivity index (χ1v) is 6.10. The fourth-order valence-electron chi connectivity index (χ4n) is 2.12. The van der Waals surface area contributed by atoms with Crippen molar-refractivity contribution in [3.8, 4) is 5.75 Å². The maximum absolute atomic E-state index is 10.6. The number of nitrogens with two attached hydrogens (primary N) is 1. The molecule has 1 aromatic rings. The normalized spacial score (nSPS) is 10.4. The number of hydrogen-bond acceptors (Lipinski definition) is 3. The molecule has 1 amide bonds. The lowest BCUT2D eigenvalue weighted by Gasteiger charge is -2.16. The molecule has 1 aromatic carbocycles. The van der Waals surface area contributed by atoms with Crippen molar-refractivity contribution in [3.63, 3.8) is 0 Å². The summed E-state index contributed by atoms with van der Waals surface area (Å²) in [6, 6.07) is 2.06. The van der Waals surface area contributed by atoms with Crippen molar-refractivity contribution >= 4 is 5.91 Å². The van der Waals surface area contributed by atoms with E-state index in [1.54, 1.807) is 7.11 Å². The van der Waals surface area contributed by atoms with Gasteiger partial charge in [-0.2, -0.15) is 0 Å². The lowest BCUT2D eigenvalue weighted by Crippen LogP contribution is -2.30. The molecule has 18 heavy (non-hydrogen) atoms. The first-order chi connectivity index (χ1) is 8.47. The molecule has 0 unspecified atom stereocenters. The predicted octanol–water partition coefficient (Wildman–Crippen LogP) is 1.24. The highest BCUT2D eigenvalue weighted by atomic mass is 16.5. The van der Waals surface area contributed by atoms with Gasteiger partial charge in [0.1, 0.15) is 5.75 Å². The molecule has 0 radical (unpaired) electrons. The Hall–Kier alpha value is -1.55. The summed E-state index contributed by atoms with van der Waals surface area (Å²) in [5.74, 6) is 0.605. The highest BCUT2D eigenvalue weighted by molar-refractivity contribution is 5.75. The van der Waals surface area contributed by atoms with Crippen LogP contribution >= 0.6 is 0 Å². The maximum atomic E-state index is 10.6. The molecule has 100 valence electrons. The molecular weight excluding hydrogens is 228 g/mol. The molecule has 0 saturated heterocycles. The number of hydrogen-bond donors (Lipinski definition) is 2. The smallest absolute Gasteiger partial charge is 0.231 e. The Bertz CT molecular complexity index is 442. The van der Waals surface area contributed by atoms with E-state index in [9.17, 15) is 4.79 Å². The van der Waals surface area contributed by atoms with Crippen LogP contribution < -0.4 is 15.8 Å². The van der Waals surface area contributed by atoms with Crippen molar-refractivity contribution in [2.45, 2.75) is 27.2 Å². The van der Waals surface area contributed by atoms with Gasteiger partial charge in [-0.25, -0.2) is 0 Å². The summed E-state index contributed by atoms with van der Waals surface area (Å²) >= 11 is 0. The molecule has 0 heterocycles. The third-order valence-electron chi connectivity index (χ3n) is 3.28. The van der Waals surface area contributed by atoms with Crippen LogP contribution in [0.5, 0.6) is 5.75 Å². The number of methoxy groups -OCH3 is 1. The van der Waals surface area contributed by atoms with Crippen molar-refractivity contribution in [1.29, 1.82) is 0 Å². The van der Waals surface area contributed by atoms with Gasteiger partial charge in [0.05, 0.1) is 13.7 Å². The molecule has 4 nitrogen and oxygen atoms in total. The SMILES string of the molecule is COc1cc(C)c(CCNCC(N)=O)c(C)c1C. The molecule has 0 spiro atoms. The van der Waals surface area contributed by atoms with Gasteiger partial charge in [-0.3, -0.25) is 4.79 Å². The fraction of sp³-hybridized carbons (Fsp3) is 0.500. The summed E-state index contributed by atoms with van der Waals surface area (Å²) in [5, 5.41) is 3.03. The average molecular weight is 250 g/mol. The van der Waals surface area contributed by atoms with Crippen LogP contribution in [0, 0.1) is 20.8 Å². The third-order valence-corrected chi connectivity index (χ3v) is 3.28. The standard InChI is InChI=1S/C14H22N2O2/c1-9-7-13(18-4)11(3)10(2)12(9)5-6-16-8-14(15)17/h7,16H,5-6,8H2,1-4H3,(H2,15,17). The number of amides is 1. The summed E-state index contributed by atoms with van der Waals surface area (Å²) in [6.45, 7) is 7.23. The number of ether oxygens (including phenoxy) is 1. The summed E-state index contributed by atoms with van der Waals surface area (Å²) in [6.07, 6.45) is 0.885. The van der Waals surface area contributed by atoms with Gasteiger partial charge in [0.15, 0.2) is 0 Å². The van der Waals surface area contributed by atoms with E-state index in [0.717, 1.165) is 18.7 Å². The van der Waals surface area contributed by atoms with Crippen LogP contribution in [0.4, 0.5) is 0 Å². The Morgan fingerprint density at radius 3 is 2.56 bits per heavy atom. The van der Waals surface area contributed by atoms with Gasteiger partial charge < -0.3 is 15.8 Å². The first kappa shape index (κ1) is 14.5. The molecule has 0 atom stereocenters. The van der Waals surface area contributed by atoms with Gasteiger partial charge in [0.2, 0.25) is 5.91 Å². The number of primary amides is 1. The Morgan fingerprint density at radius 1 is 1.33 bits per heavy atom. The van der Waals surface area contributed by atoms with Gasteiger partial charge in [-0.15, -0.1) is 0 Å². The number of nitrogens with one attached hydrogen (secondary N) is 1. The van der Waals surface area contributed by atoms with Gasteiger partial charge in [0.25, 0.3) is 0 Å². The van der Waals surface area contributed by atoms with Crippen molar-refractivity contribution in [3.05, 3.63) is 28.3 Å². The third kappa shape index (κ3) is 3.47. The molecule has 3 N–H and O–H groups in total. The number of carbonyl (C=O) groups excluding carboxylic acids is 1. The van der Waals surface area contributed by atoms with E-state index < -0.39 is 0 Å². The molecule has 0 aromatic heterocycles. The number of aryl methyl sites for hydroxylation is 1. The second kappa shape index (κ2) is 6.40. The van der Waals surface area contributed by atoms with Gasteiger partial charge in [-0.05, 0) is 62.1 Å². The predicted molar refractivity (Wildman–Crippen MR) is 73.0 cm³/mol. The molecule has 0 fully saturated rings. The molecule has 4 heteroatoms. The van der Waals surface area contributed by atoms with Crippen LogP contribution in [0.1, 0.15) is 22.3 Å². The molecule has 1 rings (SSSR count). The summed E-state index contributed by atoms with van der Waals surface area (Å²) < 4.78 is 5.34. The maximum Gasteiger partial charge on any atom is 0.231 e. The van der Waals surface area contributed by atoms with E-state index in [4.69, 9.17) is 10.5 Å². The van der Waals surface area contributed by atoms with Crippen LogP contribution in [-0.4, -0.2) is 26.1 Å². The number of rotatable bonds is 6. The minimum absolute atomic E-state index is 0.229. The van der Waals surface area contributed by atoms with Crippen molar-refractivity contribution in [2.24, 2.45) is 5.73 Å². The fourth-order valence-corrected chi connectivity index (χ4v) is 2.12. The minimum atomic E-state index is -0.325. The van der Waals surface area contributed by atoms with Crippen molar-refractivity contribution < 1.29 is 9.53 Å². The molecule has 0 aliphatic carbocycles. The van der Waals surface area contributed by atoms with Crippen LogP contribution in [0.15, 0.2) is 6.07 Å². The Balaban J connectivity index is 2.77. The van der Waals surface area contributed by atoms with E-state index in [1.807, 2.05) is 0 Å². The van der Waals surface area contributed by atoms with Crippen molar-refractivity contribution in [1.82, 2.24) is 5.32 Å². The second-order valence-electron chi connectivity index (χ2n) is 4.52. The van der Waals surface area contributed by atoms with E-state index in [2.05, 4.69) is 32.2 Å². The summed E-state index contributed by atoms with van der Waals surface area (Å²) in [4.78, 5) is 10.6. The second-order valence-corrected chi connectivity index (χ2v) is 4.52. The lowest BCUT2D eigenvalue weighted by atomic mass is 9.95. The molecule has 0 bridgehead atoms. The van der Waals surface area contributed by atoms with Crippen molar-refractivity contribution in [2.75, 3.05) is 20.2 Å². The monoisotopic (exact) mass is 250 g/mol. The zero-order chi connectivity index (χ0) is 13.7. The molecule has 0 aliphatic rings. The molecular formula is C14H22N2O2. The van der Waals surface area contributed by atoms with E-state index in [1.165, 1.54) is 22.3 Å². The zero-order valence-corrected chi connectivity index (χ0v) is 11.6. The Labute approximate surface area is 109 Å². The largest absolute Gasteiger partial charge is 0.496 e. The lowest BCUT2D eigenvalue weighted by molar-refractivity contribution is -0.117. The average Bonchev–Trinajstić information content (AvgIpc) is 2.32. The van der Waals surface area contributed by atoms with Crippen LogP contribution in [0.2, 0.25) is 0 Å². The Morgan fingerprint density at radius 2 is 2.00 bits per heavy atom. The van der Waals surface area contributed by atoms with Crippen LogP contribution in [0.25, 0.3) is 0 Å². The zero-order valence-electron chi connectivity index (χ0n) is 11.6. The summed E-state index contributed by atoms with van der Waals surface area (Å²) in [7, 11) is 1.69. The minimum Gasteiger partial charge on any atom is -0.496 e. The van der Waals surface area contributed by atoms with E-state index in [-0.39, 0.29) is 12.5 Å². The topological polar surface area (TPSA) is 64.3 Å². The molecule has 0 aliphatic heterocycles. The highest BCUT2D eigenvalue weighted by Gasteiger charge is 2.10.